The maximum Gasteiger partial charge on any atom is 0.225 e. The van der Waals surface area contributed by atoms with Crippen molar-refractivity contribution in [1.29, 1.82) is 0 Å². The molecule has 0 radical (unpaired) electrons. The Morgan fingerprint density at radius 1 is 0.917 bits per heavy atom. The van der Waals surface area contributed by atoms with E-state index in [1.165, 1.54) is 5.57 Å². The molecule has 0 atom stereocenters. The van der Waals surface area contributed by atoms with Gasteiger partial charge >= 0.3 is 0 Å². The number of piperidine rings is 1. The fourth-order valence-electron chi connectivity index (χ4n) is 3.65. The zero-order valence-electron chi connectivity index (χ0n) is 15.6. The molecule has 136 valence electrons. The molecule has 0 aromatic rings. The van der Waals surface area contributed by atoms with E-state index in [4.69, 9.17) is 0 Å². The van der Waals surface area contributed by atoms with E-state index >= 15 is 0 Å². The number of allylic oxidation sites excluding steroid dienone is 1. The molecule has 5 nitrogen and oxygen atoms in total. The number of nitrogens with zero attached hydrogens (tertiary/aromatic N) is 3. The first-order valence-corrected chi connectivity index (χ1v) is 9.37. The van der Waals surface area contributed by atoms with Crippen molar-refractivity contribution < 1.29 is 9.59 Å². The summed E-state index contributed by atoms with van der Waals surface area (Å²) in [7, 11) is 0. The van der Waals surface area contributed by atoms with Crippen LogP contribution < -0.4 is 0 Å². The van der Waals surface area contributed by atoms with Gasteiger partial charge in [-0.25, -0.2) is 0 Å². The Hall–Kier alpha value is -1.36. The largest absolute Gasteiger partial charge is 0.343 e. The van der Waals surface area contributed by atoms with Gasteiger partial charge in [-0.15, -0.1) is 0 Å². The number of likely N-dealkylation sites (tertiary alicyclic amines) is 1. The Labute approximate surface area is 146 Å². The highest BCUT2D eigenvalue weighted by Crippen LogP contribution is 2.20. The van der Waals surface area contributed by atoms with Crippen molar-refractivity contribution in [3.63, 3.8) is 0 Å². The summed E-state index contributed by atoms with van der Waals surface area (Å²) in [4.78, 5) is 30.6. The summed E-state index contributed by atoms with van der Waals surface area (Å²) in [5.74, 6) is 0.546. The first-order chi connectivity index (χ1) is 11.5. The smallest absolute Gasteiger partial charge is 0.225 e. The van der Waals surface area contributed by atoms with Gasteiger partial charge in [0.05, 0.1) is 0 Å². The molecule has 0 unspecified atom stereocenters. The summed E-state index contributed by atoms with van der Waals surface area (Å²) in [5.41, 5.74) is 1.37. The predicted molar refractivity (Wildman–Crippen MR) is 96.7 cm³/mol. The number of carbonyl (C=O) groups is 2. The molecule has 2 aliphatic heterocycles. The van der Waals surface area contributed by atoms with Crippen LogP contribution in [0, 0.1) is 5.92 Å². The van der Waals surface area contributed by atoms with E-state index in [2.05, 4.69) is 29.7 Å². The summed E-state index contributed by atoms with van der Waals surface area (Å²) < 4.78 is 0. The van der Waals surface area contributed by atoms with Gasteiger partial charge in [0, 0.05) is 52.1 Å². The van der Waals surface area contributed by atoms with E-state index in [0.717, 1.165) is 71.5 Å². The standard InChI is InChI=1S/C19H33N3O2/c1-16(2)6-4-9-20-10-5-11-22(15-14-20)19(24)18-7-12-21(13-8-18)17(3)23/h6,18H,4-5,7-15H2,1-3H3. The van der Waals surface area contributed by atoms with Crippen LogP contribution in [0.4, 0.5) is 0 Å². The normalized spacial score (nSPS) is 20.6. The molecule has 0 aromatic heterocycles. The third kappa shape index (κ3) is 5.62. The summed E-state index contributed by atoms with van der Waals surface area (Å²) >= 11 is 0. The second-order valence-corrected chi connectivity index (χ2v) is 7.37. The minimum absolute atomic E-state index is 0.109. The van der Waals surface area contributed by atoms with Crippen molar-refractivity contribution in [2.45, 2.75) is 46.5 Å². The molecule has 2 saturated heterocycles. The SMILES string of the molecule is CC(=O)N1CCC(C(=O)N2CCCN(CCC=C(C)C)CC2)CC1. The quantitative estimate of drug-likeness (QED) is 0.739. The molecular formula is C19H33N3O2. The highest BCUT2D eigenvalue weighted by molar-refractivity contribution is 5.79. The van der Waals surface area contributed by atoms with E-state index in [-0.39, 0.29) is 11.8 Å². The van der Waals surface area contributed by atoms with E-state index in [1.54, 1.807) is 6.92 Å². The lowest BCUT2D eigenvalue weighted by Crippen LogP contribution is -2.44. The molecule has 0 spiro atoms. The van der Waals surface area contributed by atoms with Crippen LogP contribution in [0.2, 0.25) is 0 Å². The van der Waals surface area contributed by atoms with Gasteiger partial charge in [-0.1, -0.05) is 11.6 Å². The number of carbonyl (C=O) groups excluding carboxylic acids is 2. The third-order valence-electron chi connectivity index (χ3n) is 5.19. The lowest BCUT2D eigenvalue weighted by atomic mass is 9.95. The van der Waals surface area contributed by atoms with Crippen LogP contribution in [-0.2, 0) is 9.59 Å². The van der Waals surface area contributed by atoms with Gasteiger partial charge in [-0.2, -0.15) is 0 Å². The van der Waals surface area contributed by atoms with Crippen LogP contribution in [0.1, 0.15) is 46.5 Å². The lowest BCUT2D eigenvalue weighted by molar-refractivity contribution is -0.140. The van der Waals surface area contributed by atoms with Crippen molar-refractivity contribution in [2.75, 3.05) is 45.8 Å². The summed E-state index contributed by atoms with van der Waals surface area (Å²) in [6, 6.07) is 0. The van der Waals surface area contributed by atoms with Gasteiger partial charge in [0.1, 0.15) is 0 Å². The summed E-state index contributed by atoms with van der Waals surface area (Å²) in [6.45, 7) is 12.2. The highest BCUT2D eigenvalue weighted by atomic mass is 16.2. The molecule has 0 N–H and O–H groups in total. The first kappa shape index (κ1) is 19.0. The molecule has 0 saturated carbocycles. The topological polar surface area (TPSA) is 43.9 Å². The van der Waals surface area contributed by atoms with Gasteiger partial charge in [-0.05, 0) is 46.1 Å². The molecule has 2 fully saturated rings. The molecule has 0 bridgehead atoms. The van der Waals surface area contributed by atoms with Gasteiger partial charge in [0.15, 0.2) is 0 Å². The molecule has 2 heterocycles. The molecule has 2 aliphatic rings. The number of hydrogen-bond donors (Lipinski definition) is 0. The fraction of sp³-hybridized carbons (Fsp3) is 0.789. The van der Waals surface area contributed by atoms with Crippen LogP contribution in [-0.4, -0.2) is 72.3 Å². The number of hydrogen-bond acceptors (Lipinski definition) is 3. The maximum atomic E-state index is 12.8. The van der Waals surface area contributed by atoms with E-state index in [0.29, 0.717) is 5.91 Å². The van der Waals surface area contributed by atoms with Gasteiger partial charge < -0.3 is 14.7 Å². The lowest BCUT2D eigenvalue weighted by Gasteiger charge is -2.33. The molecule has 0 aliphatic carbocycles. The van der Waals surface area contributed by atoms with Gasteiger partial charge in [-0.3, -0.25) is 9.59 Å². The van der Waals surface area contributed by atoms with Crippen LogP contribution in [0.5, 0.6) is 0 Å². The molecular weight excluding hydrogens is 302 g/mol. The Morgan fingerprint density at radius 2 is 1.62 bits per heavy atom. The van der Waals surface area contributed by atoms with Gasteiger partial charge in [0.2, 0.25) is 11.8 Å². The van der Waals surface area contributed by atoms with Crippen molar-refractivity contribution in [3.8, 4) is 0 Å². The molecule has 5 heteroatoms. The number of rotatable bonds is 4. The Bertz CT molecular complexity index is 463. The molecule has 2 rings (SSSR count). The Balaban J connectivity index is 1.77. The monoisotopic (exact) mass is 335 g/mol. The highest BCUT2D eigenvalue weighted by Gasteiger charge is 2.30. The maximum absolute atomic E-state index is 12.8. The average molecular weight is 335 g/mol. The van der Waals surface area contributed by atoms with Crippen LogP contribution in [0.25, 0.3) is 0 Å². The van der Waals surface area contributed by atoms with E-state index < -0.39 is 0 Å². The van der Waals surface area contributed by atoms with E-state index in [9.17, 15) is 9.59 Å². The second kappa shape index (κ2) is 9.21. The second-order valence-electron chi connectivity index (χ2n) is 7.37. The van der Waals surface area contributed by atoms with E-state index in [1.807, 2.05) is 4.90 Å². The third-order valence-corrected chi connectivity index (χ3v) is 5.19. The first-order valence-electron chi connectivity index (χ1n) is 9.37. The molecule has 0 aromatic carbocycles. The van der Waals surface area contributed by atoms with Crippen LogP contribution in [0.15, 0.2) is 11.6 Å². The van der Waals surface area contributed by atoms with Crippen molar-refractivity contribution in [1.82, 2.24) is 14.7 Å². The van der Waals surface area contributed by atoms with Crippen LogP contribution in [0.3, 0.4) is 0 Å². The van der Waals surface area contributed by atoms with Gasteiger partial charge in [0.25, 0.3) is 0 Å². The minimum Gasteiger partial charge on any atom is -0.343 e. The Morgan fingerprint density at radius 3 is 2.25 bits per heavy atom. The summed E-state index contributed by atoms with van der Waals surface area (Å²) in [6.07, 6.45) is 6.08. The molecule has 24 heavy (non-hydrogen) atoms. The zero-order valence-corrected chi connectivity index (χ0v) is 15.6. The molecule has 2 amide bonds. The van der Waals surface area contributed by atoms with Crippen LogP contribution >= 0.6 is 0 Å². The zero-order chi connectivity index (χ0) is 17.5. The summed E-state index contributed by atoms with van der Waals surface area (Å²) in [5, 5.41) is 0. The fourth-order valence-corrected chi connectivity index (χ4v) is 3.65. The predicted octanol–water partition coefficient (Wildman–Crippen LogP) is 2.14. The minimum atomic E-state index is 0.109. The van der Waals surface area contributed by atoms with Crippen molar-refractivity contribution in [3.05, 3.63) is 11.6 Å². The van der Waals surface area contributed by atoms with Crippen molar-refractivity contribution >= 4 is 11.8 Å². The van der Waals surface area contributed by atoms with Crippen molar-refractivity contribution in [2.24, 2.45) is 5.92 Å². The Kier molecular flexibility index (Phi) is 7.28. The average Bonchev–Trinajstić information content (AvgIpc) is 2.79. The number of amides is 2.